The lowest BCUT2D eigenvalue weighted by molar-refractivity contribution is 0.0942. The van der Waals surface area contributed by atoms with E-state index in [0.29, 0.717) is 24.2 Å². The van der Waals surface area contributed by atoms with Gasteiger partial charge in [0.05, 0.1) is 4.90 Å². The molecule has 0 radical (unpaired) electrons. The molecule has 2 heterocycles. The number of rotatable bonds is 7. The Morgan fingerprint density at radius 1 is 0.969 bits per heavy atom. The fourth-order valence-electron chi connectivity index (χ4n) is 3.52. The van der Waals surface area contributed by atoms with Crippen LogP contribution < -0.4 is 5.32 Å². The second-order valence-corrected chi connectivity index (χ2v) is 9.80. The van der Waals surface area contributed by atoms with Crippen LogP contribution in [0.15, 0.2) is 84.0 Å². The Bertz CT molecular complexity index is 1350. The van der Waals surface area contributed by atoms with E-state index < -0.39 is 10.0 Å². The Morgan fingerprint density at radius 3 is 2.38 bits per heavy atom. The van der Waals surface area contributed by atoms with E-state index in [9.17, 15) is 13.2 Å². The van der Waals surface area contributed by atoms with Gasteiger partial charge in [0.25, 0.3) is 5.91 Å². The predicted octanol–water partition coefficient (Wildman–Crippen LogP) is 3.26. The maximum atomic E-state index is 13.1. The van der Waals surface area contributed by atoms with E-state index >= 15 is 0 Å². The summed E-state index contributed by atoms with van der Waals surface area (Å²) in [6.07, 6.45) is 3.41. The highest BCUT2D eigenvalue weighted by molar-refractivity contribution is 7.89. The molecule has 0 atom stereocenters. The van der Waals surface area contributed by atoms with Crippen molar-refractivity contribution in [2.75, 3.05) is 14.1 Å². The molecule has 0 aliphatic heterocycles. The molecule has 0 saturated carbocycles. The maximum absolute atomic E-state index is 13.1. The summed E-state index contributed by atoms with van der Waals surface area (Å²) in [6.45, 7) is 0.858. The van der Waals surface area contributed by atoms with E-state index in [-0.39, 0.29) is 10.8 Å². The van der Waals surface area contributed by atoms with E-state index in [0.717, 1.165) is 16.6 Å². The van der Waals surface area contributed by atoms with Gasteiger partial charge in [-0.25, -0.2) is 12.7 Å². The second-order valence-electron chi connectivity index (χ2n) is 7.65. The number of nitrogens with zero attached hydrogens (tertiary/aromatic N) is 3. The molecule has 8 heteroatoms. The summed E-state index contributed by atoms with van der Waals surface area (Å²) in [5, 5.41) is 3.65. The lowest BCUT2D eigenvalue weighted by atomic mass is 10.2. The molecule has 0 aliphatic carbocycles. The molecule has 0 saturated heterocycles. The minimum absolute atomic E-state index is 0.187. The summed E-state index contributed by atoms with van der Waals surface area (Å²) in [4.78, 5) is 17.4. The zero-order valence-electron chi connectivity index (χ0n) is 17.9. The molecule has 4 aromatic rings. The summed E-state index contributed by atoms with van der Waals surface area (Å²) in [6, 6.07) is 20.1. The zero-order chi connectivity index (χ0) is 22.7. The number of aromatic nitrogens is 2. The van der Waals surface area contributed by atoms with Gasteiger partial charge in [-0.3, -0.25) is 9.78 Å². The standard InChI is InChI=1S/C24H24N4O3S/c1-27(2)32(30,31)21-8-9-22-20(14-21)15-23(28(22)17-19-10-12-25-13-11-19)24(29)26-16-18-6-4-3-5-7-18/h3-15H,16-17H2,1-2H3,(H,26,29). The number of carbonyl (C=O) groups excluding carboxylic acids is 1. The molecule has 0 bridgehead atoms. The van der Waals surface area contributed by atoms with Crippen molar-refractivity contribution in [3.8, 4) is 0 Å². The van der Waals surface area contributed by atoms with Crippen LogP contribution in [0.2, 0.25) is 0 Å². The largest absolute Gasteiger partial charge is 0.347 e. The summed E-state index contributed by atoms with van der Waals surface area (Å²) in [7, 11) is -0.589. The van der Waals surface area contributed by atoms with Crippen molar-refractivity contribution in [2.24, 2.45) is 0 Å². The Hall–Kier alpha value is -3.49. The Morgan fingerprint density at radius 2 is 1.69 bits per heavy atom. The molecule has 0 unspecified atom stereocenters. The Kier molecular flexibility index (Phi) is 6.07. The monoisotopic (exact) mass is 448 g/mol. The SMILES string of the molecule is CN(C)S(=O)(=O)c1ccc2c(c1)cc(C(=O)NCc1ccccc1)n2Cc1ccncc1. The maximum Gasteiger partial charge on any atom is 0.268 e. The van der Waals surface area contributed by atoms with Crippen LogP contribution >= 0.6 is 0 Å². The lowest BCUT2D eigenvalue weighted by Gasteiger charge is -2.13. The quantitative estimate of drug-likeness (QED) is 0.470. The highest BCUT2D eigenvalue weighted by atomic mass is 32.2. The fraction of sp³-hybridized carbons (Fsp3) is 0.167. The molecular formula is C24H24N4O3S. The number of fused-ring (bicyclic) bond motifs is 1. The third kappa shape index (κ3) is 4.42. The number of nitrogens with one attached hydrogen (secondary N) is 1. The van der Waals surface area contributed by atoms with Gasteiger partial charge in [-0.05, 0) is 47.5 Å². The van der Waals surface area contributed by atoms with Crippen LogP contribution in [0.5, 0.6) is 0 Å². The third-order valence-electron chi connectivity index (χ3n) is 5.27. The van der Waals surface area contributed by atoms with Gasteiger partial charge in [0, 0.05) is 50.5 Å². The van der Waals surface area contributed by atoms with Crippen molar-refractivity contribution in [3.63, 3.8) is 0 Å². The number of hydrogen-bond donors (Lipinski definition) is 1. The molecule has 1 amide bonds. The van der Waals surface area contributed by atoms with Crippen molar-refractivity contribution in [1.29, 1.82) is 0 Å². The molecule has 0 spiro atoms. The fourth-order valence-corrected chi connectivity index (χ4v) is 4.46. The van der Waals surface area contributed by atoms with E-state index in [4.69, 9.17) is 0 Å². The van der Waals surface area contributed by atoms with Crippen molar-refractivity contribution in [1.82, 2.24) is 19.2 Å². The number of pyridine rings is 1. The molecule has 2 aromatic heterocycles. The summed E-state index contributed by atoms with van der Waals surface area (Å²) in [5.74, 6) is -0.226. The minimum Gasteiger partial charge on any atom is -0.347 e. The number of sulfonamides is 1. The second kappa shape index (κ2) is 8.94. The van der Waals surface area contributed by atoms with Gasteiger partial charge in [-0.1, -0.05) is 30.3 Å². The summed E-state index contributed by atoms with van der Waals surface area (Å²) < 4.78 is 28.2. The molecule has 32 heavy (non-hydrogen) atoms. The van der Waals surface area contributed by atoms with Crippen LogP contribution in [0, 0.1) is 0 Å². The Labute approximate surface area is 187 Å². The number of benzene rings is 2. The van der Waals surface area contributed by atoms with Gasteiger partial charge in [-0.15, -0.1) is 0 Å². The van der Waals surface area contributed by atoms with Gasteiger partial charge < -0.3 is 9.88 Å². The molecule has 0 aliphatic rings. The first kappa shape index (κ1) is 21.7. The van der Waals surface area contributed by atoms with Gasteiger partial charge in [-0.2, -0.15) is 0 Å². The van der Waals surface area contributed by atoms with Crippen LogP contribution in [0.1, 0.15) is 21.6 Å². The van der Waals surface area contributed by atoms with E-state index in [2.05, 4.69) is 10.3 Å². The van der Waals surface area contributed by atoms with Crippen molar-refractivity contribution >= 4 is 26.8 Å². The van der Waals surface area contributed by atoms with Gasteiger partial charge in [0.1, 0.15) is 5.69 Å². The Balaban J connectivity index is 1.75. The first-order valence-corrected chi connectivity index (χ1v) is 11.6. The molecule has 1 N–H and O–H groups in total. The lowest BCUT2D eigenvalue weighted by Crippen LogP contribution is -2.25. The normalized spacial score (nSPS) is 11.7. The molecule has 0 fully saturated rings. The number of carbonyl (C=O) groups is 1. The molecule has 2 aromatic carbocycles. The third-order valence-corrected chi connectivity index (χ3v) is 7.08. The number of amides is 1. The van der Waals surface area contributed by atoms with Gasteiger partial charge in [0.2, 0.25) is 10.0 Å². The first-order valence-electron chi connectivity index (χ1n) is 10.1. The predicted molar refractivity (Wildman–Crippen MR) is 124 cm³/mol. The van der Waals surface area contributed by atoms with E-state index in [1.165, 1.54) is 18.4 Å². The van der Waals surface area contributed by atoms with Crippen molar-refractivity contribution < 1.29 is 13.2 Å². The van der Waals surface area contributed by atoms with Gasteiger partial charge >= 0.3 is 0 Å². The van der Waals surface area contributed by atoms with Gasteiger partial charge in [0.15, 0.2) is 0 Å². The summed E-state index contributed by atoms with van der Waals surface area (Å²) >= 11 is 0. The average Bonchev–Trinajstić information content (AvgIpc) is 3.16. The minimum atomic E-state index is -3.58. The topological polar surface area (TPSA) is 84.3 Å². The molecule has 7 nitrogen and oxygen atoms in total. The summed E-state index contributed by atoms with van der Waals surface area (Å²) in [5.41, 5.74) is 3.23. The smallest absolute Gasteiger partial charge is 0.268 e. The highest BCUT2D eigenvalue weighted by Gasteiger charge is 2.21. The first-order chi connectivity index (χ1) is 15.4. The van der Waals surface area contributed by atoms with Crippen LogP contribution in [0.25, 0.3) is 10.9 Å². The van der Waals surface area contributed by atoms with E-state index in [1.54, 1.807) is 36.7 Å². The van der Waals surface area contributed by atoms with Crippen LogP contribution in [0.3, 0.4) is 0 Å². The zero-order valence-corrected chi connectivity index (χ0v) is 18.7. The number of hydrogen-bond acceptors (Lipinski definition) is 4. The van der Waals surface area contributed by atoms with Crippen molar-refractivity contribution in [3.05, 3.63) is 95.9 Å². The van der Waals surface area contributed by atoms with Crippen LogP contribution in [0.4, 0.5) is 0 Å². The van der Waals surface area contributed by atoms with Crippen molar-refractivity contribution in [2.45, 2.75) is 18.0 Å². The highest BCUT2D eigenvalue weighted by Crippen LogP contribution is 2.26. The molecule has 4 rings (SSSR count). The van der Waals surface area contributed by atoms with Crippen LogP contribution in [-0.2, 0) is 23.1 Å². The average molecular weight is 449 g/mol. The molecule has 164 valence electrons. The van der Waals surface area contributed by atoms with E-state index in [1.807, 2.05) is 47.0 Å². The van der Waals surface area contributed by atoms with Crippen LogP contribution in [-0.4, -0.2) is 42.3 Å². The molecular weight excluding hydrogens is 424 g/mol.